The van der Waals surface area contributed by atoms with Gasteiger partial charge in [-0.3, -0.25) is 9.79 Å². The molecule has 2 rings (SSSR count). The fraction of sp³-hybridized carbons (Fsp3) is 0.250. The molecule has 0 amide bonds. The SMILES string of the molecule is Cc1cc(C(C)c2ccccc2)cc(C)c1OP(=O)(O)O. The number of aryl methyl sites for hydroxylation is 2. The molecule has 2 aromatic rings. The van der Waals surface area contributed by atoms with Crippen molar-refractivity contribution in [2.75, 3.05) is 0 Å². The van der Waals surface area contributed by atoms with Gasteiger partial charge in [0.15, 0.2) is 0 Å². The second-order valence-corrected chi connectivity index (χ2v) is 6.36. The molecule has 1 atom stereocenters. The van der Waals surface area contributed by atoms with Gasteiger partial charge in [-0.15, -0.1) is 0 Å². The Bertz CT molecular complexity index is 653. The quantitative estimate of drug-likeness (QED) is 0.840. The molecule has 0 radical (unpaired) electrons. The summed E-state index contributed by atoms with van der Waals surface area (Å²) in [5.74, 6) is 0.458. The van der Waals surface area contributed by atoms with Crippen molar-refractivity contribution in [1.82, 2.24) is 0 Å². The van der Waals surface area contributed by atoms with E-state index in [9.17, 15) is 4.57 Å². The van der Waals surface area contributed by atoms with Crippen molar-refractivity contribution in [2.24, 2.45) is 0 Å². The predicted octanol–water partition coefficient (Wildman–Crippen LogP) is 3.93. The smallest absolute Gasteiger partial charge is 0.404 e. The number of hydrogen-bond acceptors (Lipinski definition) is 2. The van der Waals surface area contributed by atoms with E-state index in [1.54, 1.807) is 13.8 Å². The second-order valence-electron chi connectivity index (χ2n) is 5.20. The van der Waals surface area contributed by atoms with E-state index in [1.807, 2.05) is 30.3 Å². The third kappa shape index (κ3) is 3.94. The molecule has 0 aromatic heterocycles. The topological polar surface area (TPSA) is 66.8 Å². The number of phosphoric ester groups is 1. The van der Waals surface area contributed by atoms with E-state index in [0.717, 1.165) is 16.7 Å². The summed E-state index contributed by atoms with van der Waals surface area (Å²) in [7, 11) is -4.54. The van der Waals surface area contributed by atoms with E-state index in [4.69, 9.17) is 14.3 Å². The molecule has 0 bridgehead atoms. The van der Waals surface area contributed by atoms with Crippen LogP contribution in [0.25, 0.3) is 0 Å². The van der Waals surface area contributed by atoms with Gasteiger partial charge < -0.3 is 4.52 Å². The highest BCUT2D eigenvalue weighted by Crippen LogP contribution is 2.41. The fourth-order valence-electron chi connectivity index (χ4n) is 2.43. The lowest BCUT2D eigenvalue weighted by Crippen LogP contribution is -2.00. The number of rotatable bonds is 4. The summed E-state index contributed by atoms with van der Waals surface area (Å²) in [4.78, 5) is 17.9. The van der Waals surface area contributed by atoms with Crippen molar-refractivity contribution in [3.8, 4) is 5.75 Å². The molecule has 2 N–H and O–H groups in total. The van der Waals surface area contributed by atoms with Gasteiger partial charge in [-0.05, 0) is 36.1 Å². The molecule has 0 aliphatic heterocycles. The van der Waals surface area contributed by atoms with Gasteiger partial charge in [-0.25, -0.2) is 4.57 Å². The highest BCUT2D eigenvalue weighted by atomic mass is 31.2. The van der Waals surface area contributed by atoms with Gasteiger partial charge in [0.05, 0.1) is 0 Å². The van der Waals surface area contributed by atoms with Crippen LogP contribution in [0, 0.1) is 13.8 Å². The Hall–Kier alpha value is -1.61. The standard InChI is InChI=1S/C16H19O4P/c1-11-9-15(13(3)14-7-5-4-6-8-14)10-12(2)16(11)20-21(17,18)19/h4-10,13H,1-3H3,(H2,17,18,19). The van der Waals surface area contributed by atoms with E-state index >= 15 is 0 Å². The van der Waals surface area contributed by atoms with Gasteiger partial charge >= 0.3 is 7.82 Å². The van der Waals surface area contributed by atoms with E-state index in [-0.39, 0.29) is 11.7 Å². The molecule has 112 valence electrons. The van der Waals surface area contributed by atoms with E-state index in [1.165, 1.54) is 5.56 Å². The van der Waals surface area contributed by atoms with Crippen LogP contribution < -0.4 is 4.52 Å². The van der Waals surface area contributed by atoms with Crippen molar-refractivity contribution in [1.29, 1.82) is 0 Å². The highest BCUT2D eigenvalue weighted by Gasteiger charge is 2.20. The summed E-state index contributed by atoms with van der Waals surface area (Å²) in [5, 5.41) is 0. The Morgan fingerprint density at radius 2 is 1.52 bits per heavy atom. The minimum atomic E-state index is -4.54. The molecule has 0 saturated carbocycles. The Morgan fingerprint density at radius 1 is 1.00 bits per heavy atom. The predicted molar refractivity (Wildman–Crippen MR) is 82.5 cm³/mol. The van der Waals surface area contributed by atoms with Crippen LogP contribution in [0.15, 0.2) is 42.5 Å². The van der Waals surface area contributed by atoms with Gasteiger partial charge in [0, 0.05) is 5.92 Å². The molecule has 5 heteroatoms. The van der Waals surface area contributed by atoms with Crippen LogP contribution in [-0.4, -0.2) is 9.79 Å². The van der Waals surface area contributed by atoms with Crippen molar-refractivity contribution in [3.05, 3.63) is 64.7 Å². The van der Waals surface area contributed by atoms with E-state index in [0.29, 0.717) is 0 Å². The third-order valence-corrected chi connectivity index (χ3v) is 3.91. The van der Waals surface area contributed by atoms with Crippen LogP contribution in [0.1, 0.15) is 35.1 Å². The lowest BCUT2D eigenvalue weighted by atomic mass is 9.91. The molecular weight excluding hydrogens is 287 g/mol. The molecule has 0 aliphatic carbocycles. The molecule has 21 heavy (non-hydrogen) atoms. The summed E-state index contributed by atoms with van der Waals surface area (Å²) in [5.41, 5.74) is 3.72. The second kappa shape index (κ2) is 6.02. The van der Waals surface area contributed by atoms with Gasteiger partial charge in [0.25, 0.3) is 0 Å². The van der Waals surface area contributed by atoms with Crippen molar-refractivity contribution < 1.29 is 18.9 Å². The van der Waals surface area contributed by atoms with Crippen LogP contribution in [0.2, 0.25) is 0 Å². The van der Waals surface area contributed by atoms with Gasteiger partial charge in [0.1, 0.15) is 5.75 Å². The van der Waals surface area contributed by atoms with Gasteiger partial charge in [0.2, 0.25) is 0 Å². The van der Waals surface area contributed by atoms with Gasteiger partial charge in [-0.2, -0.15) is 0 Å². The maximum absolute atomic E-state index is 11.0. The van der Waals surface area contributed by atoms with Crippen molar-refractivity contribution >= 4 is 7.82 Å². The van der Waals surface area contributed by atoms with Crippen LogP contribution in [0.3, 0.4) is 0 Å². The summed E-state index contributed by atoms with van der Waals surface area (Å²) in [6, 6.07) is 13.9. The van der Waals surface area contributed by atoms with Crippen molar-refractivity contribution in [2.45, 2.75) is 26.7 Å². The fourth-order valence-corrected chi connectivity index (χ4v) is 2.96. The zero-order valence-electron chi connectivity index (χ0n) is 12.3. The highest BCUT2D eigenvalue weighted by molar-refractivity contribution is 7.46. The van der Waals surface area contributed by atoms with Gasteiger partial charge in [-0.1, -0.05) is 49.4 Å². The average Bonchev–Trinajstić information content (AvgIpc) is 2.42. The molecule has 0 aliphatic rings. The number of phosphoric acid groups is 1. The minimum Gasteiger partial charge on any atom is -0.404 e. The summed E-state index contributed by atoms with van der Waals surface area (Å²) >= 11 is 0. The van der Waals surface area contributed by atoms with E-state index in [2.05, 4.69) is 19.1 Å². The molecule has 0 saturated heterocycles. The monoisotopic (exact) mass is 306 g/mol. The lowest BCUT2D eigenvalue weighted by Gasteiger charge is -2.18. The van der Waals surface area contributed by atoms with Crippen molar-refractivity contribution in [3.63, 3.8) is 0 Å². The van der Waals surface area contributed by atoms with Crippen LogP contribution >= 0.6 is 7.82 Å². The maximum atomic E-state index is 11.0. The third-order valence-electron chi connectivity index (χ3n) is 3.49. The number of benzene rings is 2. The zero-order chi connectivity index (χ0) is 15.6. The average molecular weight is 306 g/mol. The molecule has 2 aromatic carbocycles. The lowest BCUT2D eigenvalue weighted by molar-refractivity contribution is 0.282. The minimum absolute atomic E-state index is 0.202. The normalized spacial score (nSPS) is 13.0. The molecule has 1 unspecified atom stereocenters. The van der Waals surface area contributed by atoms with Crippen LogP contribution in [-0.2, 0) is 4.57 Å². The largest absolute Gasteiger partial charge is 0.524 e. The molecule has 0 heterocycles. The Kier molecular flexibility index (Phi) is 4.52. The number of hydrogen-bond donors (Lipinski definition) is 2. The molecule has 4 nitrogen and oxygen atoms in total. The first-order valence-corrected chi connectivity index (χ1v) is 8.22. The molecule has 0 fully saturated rings. The first kappa shape index (κ1) is 15.8. The summed E-state index contributed by atoms with van der Waals surface area (Å²) in [6.07, 6.45) is 0. The first-order chi connectivity index (χ1) is 9.78. The Labute approximate surface area is 124 Å². The van der Waals surface area contributed by atoms with Crippen LogP contribution in [0.4, 0.5) is 0 Å². The summed E-state index contributed by atoms with van der Waals surface area (Å²) in [6.45, 7) is 5.69. The Balaban J connectivity index is 2.38. The first-order valence-electron chi connectivity index (χ1n) is 6.69. The zero-order valence-corrected chi connectivity index (χ0v) is 13.2. The maximum Gasteiger partial charge on any atom is 0.524 e. The Morgan fingerprint density at radius 3 is 2.00 bits per heavy atom. The van der Waals surface area contributed by atoms with Crippen LogP contribution in [0.5, 0.6) is 5.75 Å². The molecule has 0 spiro atoms. The summed E-state index contributed by atoms with van der Waals surface area (Å²) < 4.78 is 15.8. The van der Waals surface area contributed by atoms with E-state index < -0.39 is 7.82 Å². The molecular formula is C16H19O4P.